The molecule has 1 unspecified atom stereocenters. The molecule has 6 heteroatoms. The number of hydrogen-bond donors (Lipinski definition) is 1. The summed E-state index contributed by atoms with van der Waals surface area (Å²) in [6.07, 6.45) is 8.02. The fourth-order valence-corrected chi connectivity index (χ4v) is 3.11. The van der Waals surface area contributed by atoms with Gasteiger partial charge in [-0.2, -0.15) is 0 Å². The fraction of sp³-hybridized carbons (Fsp3) is 0.571. The summed E-state index contributed by atoms with van der Waals surface area (Å²) in [5.41, 5.74) is 6.75. The average Bonchev–Trinajstić information content (AvgIpc) is 3.05. The molecule has 2 aromatic heterocycles. The van der Waals surface area contributed by atoms with Crippen molar-refractivity contribution < 1.29 is 0 Å². The van der Waals surface area contributed by atoms with Crippen LogP contribution in [0.15, 0.2) is 18.6 Å². The molecule has 0 bridgehead atoms. The lowest BCUT2D eigenvalue weighted by Crippen LogP contribution is -2.39. The third kappa shape index (κ3) is 2.31. The highest BCUT2D eigenvalue weighted by Gasteiger charge is 2.25. The Balaban J connectivity index is 1.85. The smallest absolute Gasteiger partial charge is 0.180 e. The maximum absolute atomic E-state index is 5.89. The Bertz CT molecular complexity index is 592. The van der Waals surface area contributed by atoms with Gasteiger partial charge in [0.05, 0.1) is 6.20 Å². The minimum atomic E-state index is 0.524. The van der Waals surface area contributed by atoms with Crippen LogP contribution in [-0.4, -0.2) is 52.0 Å². The van der Waals surface area contributed by atoms with Crippen LogP contribution in [0.2, 0.25) is 0 Å². The summed E-state index contributed by atoms with van der Waals surface area (Å²) in [6.45, 7) is 5.51. The summed E-state index contributed by atoms with van der Waals surface area (Å²) in [5.74, 6) is 1.38. The molecule has 108 valence electrons. The standard InChI is InChI=1S/C14H22N6/c1-3-19-7-4-5-11(19)9-18(2)14-13-16-6-8-20(13)10-12(15)17-14/h6,8,10-11H,3-5,7,9,15H2,1-2H3. The second-order valence-corrected chi connectivity index (χ2v) is 5.45. The number of likely N-dealkylation sites (tertiary alicyclic amines) is 1. The number of likely N-dealkylation sites (N-methyl/N-ethyl adjacent to an activating group) is 2. The third-order valence-electron chi connectivity index (χ3n) is 4.13. The highest BCUT2D eigenvalue weighted by atomic mass is 15.3. The zero-order chi connectivity index (χ0) is 14.1. The van der Waals surface area contributed by atoms with Crippen molar-refractivity contribution in [2.24, 2.45) is 0 Å². The monoisotopic (exact) mass is 274 g/mol. The minimum Gasteiger partial charge on any atom is -0.382 e. The van der Waals surface area contributed by atoms with E-state index in [-0.39, 0.29) is 0 Å². The second kappa shape index (κ2) is 5.28. The van der Waals surface area contributed by atoms with Gasteiger partial charge in [-0.05, 0) is 25.9 Å². The van der Waals surface area contributed by atoms with E-state index in [1.54, 1.807) is 12.4 Å². The molecule has 2 N–H and O–H groups in total. The van der Waals surface area contributed by atoms with Crippen LogP contribution in [0.4, 0.5) is 11.6 Å². The molecular formula is C14H22N6. The first kappa shape index (κ1) is 13.2. The first-order chi connectivity index (χ1) is 9.69. The average molecular weight is 274 g/mol. The maximum Gasteiger partial charge on any atom is 0.180 e. The summed E-state index contributed by atoms with van der Waals surface area (Å²) in [7, 11) is 2.07. The Kier molecular flexibility index (Phi) is 3.48. The van der Waals surface area contributed by atoms with E-state index in [2.05, 4.69) is 33.7 Å². The molecule has 20 heavy (non-hydrogen) atoms. The van der Waals surface area contributed by atoms with Crippen molar-refractivity contribution in [2.45, 2.75) is 25.8 Å². The summed E-state index contributed by atoms with van der Waals surface area (Å²) in [4.78, 5) is 13.6. The third-order valence-corrected chi connectivity index (χ3v) is 4.13. The van der Waals surface area contributed by atoms with Gasteiger partial charge in [0.15, 0.2) is 11.5 Å². The van der Waals surface area contributed by atoms with Gasteiger partial charge >= 0.3 is 0 Å². The normalized spacial score (nSPS) is 19.8. The van der Waals surface area contributed by atoms with Crippen molar-refractivity contribution in [3.63, 3.8) is 0 Å². The molecule has 1 atom stereocenters. The molecule has 0 aromatic carbocycles. The SMILES string of the molecule is CCN1CCCC1CN(C)c1nc(N)cn2ccnc12. The van der Waals surface area contributed by atoms with Gasteiger partial charge in [0.25, 0.3) is 0 Å². The second-order valence-electron chi connectivity index (χ2n) is 5.45. The van der Waals surface area contributed by atoms with Crippen LogP contribution >= 0.6 is 0 Å². The molecule has 1 aliphatic heterocycles. The predicted octanol–water partition coefficient (Wildman–Crippen LogP) is 1.23. The number of anilines is 2. The van der Waals surface area contributed by atoms with E-state index in [1.165, 1.54) is 19.4 Å². The Morgan fingerprint density at radius 3 is 3.15 bits per heavy atom. The van der Waals surface area contributed by atoms with Gasteiger partial charge in [-0.15, -0.1) is 0 Å². The number of fused-ring (bicyclic) bond motifs is 1. The van der Waals surface area contributed by atoms with Crippen LogP contribution in [-0.2, 0) is 0 Å². The predicted molar refractivity (Wildman–Crippen MR) is 80.9 cm³/mol. The largest absolute Gasteiger partial charge is 0.382 e. The van der Waals surface area contributed by atoms with E-state index >= 15 is 0 Å². The van der Waals surface area contributed by atoms with Gasteiger partial charge in [0.1, 0.15) is 5.82 Å². The van der Waals surface area contributed by atoms with E-state index in [9.17, 15) is 0 Å². The molecule has 0 aliphatic carbocycles. The van der Waals surface area contributed by atoms with Crippen LogP contribution < -0.4 is 10.6 Å². The van der Waals surface area contributed by atoms with Crippen molar-refractivity contribution in [2.75, 3.05) is 37.3 Å². The summed E-state index contributed by atoms with van der Waals surface area (Å²) in [5, 5.41) is 0. The van der Waals surface area contributed by atoms with E-state index in [0.29, 0.717) is 11.9 Å². The summed E-state index contributed by atoms with van der Waals surface area (Å²) >= 11 is 0. The number of hydrogen-bond acceptors (Lipinski definition) is 5. The molecule has 1 aliphatic rings. The molecule has 0 spiro atoms. The van der Waals surface area contributed by atoms with Gasteiger partial charge in [0, 0.05) is 32.0 Å². The van der Waals surface area contributed by atoms with Gasteiger partial charge in [0.2, 0.25) is 0 Å². The molecular weight excluding hydrogens is 252 g/mol. The highest BCUT2D eigenvalue weighted by molar-refractivity contribution is 5.66. The Labute approximate surface area is 119 Å². The van der Waals surface area contributed by atoms with Crippen molar-refractivity contribution in [1.82, 2.24) is 19.3 Å². The first-order valence-corrected chi connectivity index (χ1v) is 7.23. The molecule has 3 rings (SSSR count). The lowest BCUT2D eigenvalue weighted by molar-refractivity contribution is 0.270. The van der Waals surface area contributed by atoms with Crippen molar-refractivity contribution in [3.05, 3.63) is 18.6 Å². The zero-order valence-corrected chi connectivity index (χ0v) is 12.2. The Morgan fingerprint density at radius 2 is 2.35 bits per heavy atom. The van der Waals surface area contributed by atoms with Gasteiger partial charge in [-0.25, -0.2) is 9.97 Å². The summed E-state index contributed by atoms with van der Waals surface area (Å²) in [6, 6.07) is 0.600. The van der Waals surface area contributed by atoms with Crippen LogP contribution in [0.3, 0.4) is 0 Å². The Morgan fingerprint density at radius 1 is 1.50 bits per heavy atom. The minimum absolute atomic E-state index is 0.524. The molecule has 1 fully saturated rings. The molecule has 3 heterocycles. The molecule has 0 amide bonds. The molecule has 6 nitrogen and oxygen atoms in total. The number of rotatable bonds is 4. The quantitative estimate of drug-likeness (QED) is 0.908. The number of nitrogens with two attached hydrogens (primary N) is 1. The van der Waals surface area contributed by atoms with Gasteiger partial charge in [-0.1, -0.05) is 6.92 Å². The number of aromatic nitrogens is 3. The fourth-order valence-electron chi connectivity index (χ4n) is 3.11. The molecule has 0 radical (unpaired) electrons. The van der Waals surface area contributed by atoms with Gasteiger partial charge in [-0.3, -0.25) is 4.90 Å². The van der Waals surface area contributed by atoms with Crippen LogP contribution in [0, 0.1) is 0 Å². The molecule has 0 saturated carbocycles. The van der Waals surface area contributed by atoms with Crippen molar-refractivity contribution >= 4 is 17.3 Å². The lowest BCUT2D eigenvalue weighted by atomic mass is 10.2. The topological polar surface area (TPSA) is 62.7 Å². The Hall–Kier alpha value is -1.82. The number of nitrogen functional groups attached to an aromatic ring is 1. The summed E-state index contributed by atoms with van der Waals surface area (Å²) < 4.78 is 1.93. The highest BCUT2D eigenvalue weighted by Crippen LogP contribution is 2.22. The van der Waals surface area contributed by atoms with E-state index in [0.717, 1.165) is 24.6 Å². The first-order valence-electron chi connectivity index (χ1n) is 7.23. The lowest BCUT2D eigenvalue weighted by Gasteiger charge is -2.28. The number of nitrogens with zero attached hydrogens (tertiary/aromatic N) is 5. The van der Waals surface area contributed by atoms with Crippen LogP contribution in [0.1, 0.15) is 19.8 Å². The molecule has 1 saturated heterocycles. The molecule has 2 aromatic rings. The van der Waals surface area contributed by atoms with E-state index in [1.807, 2.05) is 10.6 Å². The van der Waals surface area contributed by atoms with E-state index < -0.39 is 0 Å². The van der Waals surface area contributed by atoms with Crippen LogP contribution in [0.5, 0.6) is 0 Å². The number of imidazole rings is 1. The van der Waals surface area contributed by atoms with E-state index in [4.69, 9.17) is 5.73 Å². The zero-order valence-electron chi connectivity index (χ0n) is 12.2. The maximum atomic E-state index is 5.89. The van der Waals surface area contributed by atoms with Crippen molar-refractivity contribution in [1.29, 1.82) is 0 Å². The van der Waals surface area contributed by atoms with Gasteiger partial charge < -0.3 is 15.0 Å². The van der Waals surface area contributed by atoms with Crippen LogP contribution in [0.25, 0.3) is 5.65 Å². The van der Waals surface area contributed by atoms with Crippen molar-refractivity contribution in [3.8, 4) is 0 Å².